The molecule has 0 aromatic heterocycles. The zero-order chi connectivity index (χ0) is 22.6. The summed E-state index contributed by atoms with van der Waals surface area (Å²) in [5, 5.41) is 6.22. The van der Waals surface area contributed by atoms with Gasteiger partial charge in [-0.25, -0.2) is 5.01 Å². The van der Waals surface area contributed by atoms with Gasteiger partial charge in [-0.1, -0.05) is 63.2 Å². The van der Waals surface area contributed by atoms with Crippen molar-refractivity contribution in [3.8, 4) is 5.75 Å². The maximum atomic E-state index is 13.2. The van der Waals surface area contributed by atoms with E-state index >= 15 is 0 Å². The van der Waals surface area contributed by atoms with Crippen molar-refractivity contribution in [2.75, 3.05) is 20.7 Å². The van der Waals surface area contributed by atoms with Gasteiger partial charge in [0.25, 0.3) is 5.91 Å². The second-order valence-corrected chi connectivity index (χ2v) is 9.13. The summed E-state index contributed by atoms with van der Waals surface area (Å²) in [5.74, 6) is 0.499. The molecular weight excluding hydrogens is 390 g/mol. The average molecular weight is 422 g/mol. The molecule has 6 heteroatoms. The van der Waals surface area contributed by atoms with Crippen LogP contribution in [0, 0.1) is 5.41 Å². The van der Waals surface area contributed by atoms with E-state index in [0.29, 0.717) is 12.8 Å². The van der Waals surface area contributed by atoms with Crippen LogP contribution >= 0.6 is 0 Å². The maximum Gasteiger partial charge on any atom is 0.262 e. The van der Waals surface area contributed by atoms with Crippen molar-refractivity contribution in [2.45, 2.75) is 39.7 Å². The third kappa shape index (κ3) is 5.72. The lowest BCUT2D eigenvalue weighted by atomic mass is 9.92. The number of carbonyl (C=O) groups is 2. The third-order valence-electron chi connectivity index (χ3n) is 5.23. The molecule has 0 aliphatic carbocycles. The highest BCUT2D eigenvalue weighted by Crippen LogP contribution is 2.33. The maximum absolute atomic E-state index is 13.2. The molecule has 164 valence electrons. The van der Waals surface area contributed by atoms with Gasteiger partial charge in [-0.05, 0) is 23.1 Å². The summed E-state index contributed by atoms with van der Waals surface area (Å²) < 4.78 is 5.34. The predicted octanol–water partition coefficient (Wildman–Crippen LogP) is 4.27. The van der Waals surface area contributed by atoms with Gasteiger partial charge in [-0.3, -0.25) is 9.59 Å². The van der Waals surface area contributed by atoms with E-state index in [1.54, 1.807) is 14.2 Å². The van der Waals surface area contributed by atoms with Gasteiger partial charge in [-0.15, -0.1) is 0 Å². The zero-order valence-corrected chi connectivity index (χ0v) is 19.0. The van der Waals surface area contributed by atoms with Crippen LogP contribution in [0.3, 0.4) is 0 Å². The Balaban J connectivity index is 1.84. The molecule has 0 spiro atoms. The van der Waals surface area contributed by atoms with Crippen LogP contribution in [0.25, 0.3) is 0 Å². The van der Waals surface area contributed by atoms with E-state index in [0.717, 1.165) is 22.6 Å². The Hall–Kier alpha value is -3.15. The molecule has 3 rings (SSSR count). The largest absolute Gasteiger partial charge is 0.497 e. The van der Waals surface area contributed by atoms with Gasteiger partial charge in [0.1, 0.15) is 12.3 Å². The molecule has 0 radical (unpaired) electrons. The minimum absolute atomic E-state index is 0.00681. The van der Waals surface area contributed by atoms with Gasteiger partial charge in [-0.2, -0.15) is 5.10 Å². The number of likely N-dealkylation sites (N-methyl/N-ethyl adjacent to an activating group) is 1. The first kappa shape index (κ1) is 22.5. The summed E-state index contributed by atoms with van der Waals surface area (Å²) >= 11 is 0. The topological polar surface area (TPSA) is 62.2 Å². The van der Waals surface area contributed by atoms with Crippen LogP contribution in [0.1, 0.15) is 50.8 Å². The van der Waals surface area contributed by atoms with E-state index in [1.165, 1.54) is 9.91 Å². The summed E-state index contributed by atoms with van der Waals surface area (Å²) in [4.78, 5) is 27.2. The molecule has 0 fully saturated rings. The molecule has 0 saturated carbocycles. The van der Waals surface area contributed by atoms with Crippen LogP contribution in [0.15, 0.2) is 59.7 Å². The van der Waals surface area contributed by atoms with Crippen molar-refractivity contribution >= 4 is 17.5 Å². The summed E-state index contributed by atoms with van der Waals surface area (Å²) in [6.07, 6.45) is 0.986. The second-order valence-electron chi connectivity index (χ2n) is 9.13. The highest BCUT2D eigenvalue weighted by molar-refractivity contribution is 6.03. The van der Waals surface area contributed by atoms with Crippen molar-refractivity contribution in [3.05, 3.63) is 65.7 Å². The summed E-state index contributed by atoms with van der Waals surface area (Å²) in [6.45, 7) is 6.03. The molecule has 0 bridgehead atoms. The van der Waals surface area contributed by atoms with Crippen LogP contribution in [0.2, 0.25) is 0 Å². The summed E-state index contributed by atoms with van der Waals surface area (Å²) in [6, 6.07) is 17.4. The van der Waals surface area contributed by atoms with Crippen molar-refractivity contribution in [2.24, 2.45) is 10.5 Å². The average Bonchev–Trinajstić information content (AvgIpc) is 3.19. The molecule has 0 saturated heterocycles. The molecule has 1 heterocycles. The van der Waals surface area contributed by atoms with Gasteiger partial charge in [0.05, 0.1) is 18.9 Å². The number of rotatable bonds is 6. The van der Waals surface area contributed by atoms with E-state index in [2.05, 4.69) is 5.10 Å². The first-order valence-corrected chi connectivity index (χ1v) is 10.5. The highest BCUT2D eigenvalue weighted by atomic mass is 16.5. The molecule has 6 nitrogen and oxygen atoms in total. The lowest BCUT2D eigenvalue weighted by Gasteiger charge is -2.26. The van der Waals surface area contributed by atoms with Gasteiger partial charge < -0.3 is 9.64 Å². The number of amides is 2. The van der Waals surface area contributed by atoms with E-state index in [-0.39, 0.29) is 29.8 Å². The Morgan fingerprint density at radius 1 is 1.13 bits per heavy atom. The molecule has 2 amide bonds. The molecular formula is C25H31N3O3. The van der Waals surface area contributed by atoms with Crippen molar-refractivity contribution < 1.29 is 14.3 Å². The van der Waals surface area contributed by atoms with Crippen molar-refractivity contribution in [1.29, 1.82) is 0 Å². The molecule has 1 atom stereocenters. The molecule has 31 heavy (non-hydrogen) atoms. The van der Waals surface area contributed by atoms with Gasteiger partial charge in [0.15, 0.2) is 0 Å². The second kappa shape index (κ2) is 9.33. The van der Waals surface area contributed by atoms with Crippen molar-refractivity contribution in [1.82, 2.24) is 9.91 Å². The lowest BCUT2D eigenvalue weighted by Crippen LogP contribution is -2.40. The minimum Gasteiger partial charge on any atom is -0.497 e. The first-order chi connectivity index (χ1) is 14.7. The highest BCUT2D eigenvalue weighted by Gasteiger charge is 2.34. The van der Waals surface area contributed by atoms with E-state index in [9.17, 15) is 9.59 Å². The molecule has 2 aromatic rings. The predicted molar refractivity (Wildman–Crippen MR) is 122 cm³/mol. The number of hydrogen-bond donors (Lipinski definition) is 0. The Kier molecular flexibility index (Phi) is 6.78. The number of methoxy groups -OCH3 is 1. The van der Waals surface area contributed by atoms with Crippen LogP contribution in [-0.2, 0) is 9.59 Å². The lowest BCUT2D eigenvalue weighted by molar-refractivity contribution is -0.141. The molecule has 2 aromatic carbocycles. The van der Waals surface area contributed by atoms with E-state index < -0.39 is 0 Å². The van der Waals surface area contributed by atoms with E-state index in [4.69, 9.17) is 4.74 Å². The first-order valence-electron chi connectivity index (χ1n) is 10.5. The fourth-order valence-electron chi connectivity index (χ4n) is 3.60. The van der Waals surface area contributed by atoms with Crippen LogP contribution in [0.5, 0.6) is 5.75 Å². The Morgan fingerprint density at radius 2 is 1.84 bits per heavy atom. The Morgan fingerprint density at radius 3 is 2.48 bits per heavy atom. The normalized spacial score (nSPS) is 16.1. The molecule has 1 aliphatic rings. The minimum atomic E-state index is -0.207. The summed E-state index contributed by atoms with van der Waals surface area (Å²) in [5.41, 5.74) is 2.63. The quantitative estimate of drug-likeness (QED) is 0.700. The van der Waals surface area contributed by atoms with Crippen LogP contribution < -0.4 is 4.74 Å². The fourth-order valence-corrected chi connectivity index (χ4v) is 3.60. The zero-order valence-electron chi connectivity index (χ0n) is 19.0. The van der Waals surface area contributed by atoms with E-state index in [1.807, 2.05) is 75.4 Å². The fraction of sp³-hybridized carbons (Fsp3) is 0.400. The van der Waals surface area contributed by atoms with Gasteiger partial charge >= 0.3 is 0 Å². The number of benzene rings is 2. The number of carbonyl (C=O) groups excluding carboxylic acids is 2. The summed E-state index contributed by atoms with van der Waals surface area (Å²) in [7, 11) is 3.30. The Labute approximate surface area is 184 Å². The van der Waals surface area contributed by atoms with Crippen molar-refractivity contribution in [3.63, 3.8) is 0 Å². The Bertz CT molecular complexity index is 963. The number of hydrazone groups is 1. The number of nitrogens with zero attached hydrogens (tertiary/aromatic N) is 3. The smallest absolute Gasteiger partial charge is 0.262 e. The molecule has 0 N–H and O–H groups in total. The number of ether oxygens (including phenoxy) is 1. The molecule has 1 aliphatic heterocycles. The number of hydrogen-bond acceptors (Lipinski definition) is 4. The SMILES string of the molecule is COc1cccc(C2=NN(C(=O)CN(C)C(=O)CC(C)(C)C)[C@@H](c3ccccc3)C2)c1. The van der Waals surface area contributed by atoms with Crippen LogP contribution in [0.4, 0.5) is 0 Å². The van der Waals surface area contributed by atoms with Gasteiger partial charge in [0.2, 0.25) is 5.91 Å². The standard InChI is InChI=1S/C25H31N3O3/c1-25(2,3)16-23(29)27(4)17-24(30)28-22(18-10-7-6-8-11-18)15-21(26-28)19-12-9-13-20(14-19)31-5/h6-14,22H,15-17H2,1-5H3/t22-/m1/s1. The van der Waals surface area contributed by atoms with Crippen LogP contribution in [-0.4, -0.2) is 48.1 Å². The molecule has 0 unspecified atom stereocenters. The van der Waals surface area contributed by atoms with Gasteiger partial charge in [0, 0.05) is 25.5 Å². The third-order valence-corrected chi connectivity index (χ3v) is 5.23. The monoisotopic (exact) mass is 421 g/mol.